The number of carbonyl (C=O) groups is 1. The average molecular weight is 605 g/mol. The van der Waals surface area contributed by atoms with Crippen LogP contribution in [0.2, 0.25) is 0 Å². The molecule has 1 rings (SSSR count). The summed E-state index contributed by atoms with van der Waals surface area (Å²) in [7, 11) is 0. The van der Waals surface area contributed by atoms with Gasteiger partial charge in [-0.15, -0.1) is 0 Å². The van der Waals surface area contributed by atoms with Gasteiger partial charge in [-0.2, -0.15) is 0 Å². The van der Waals surface area contributed by atoms with E-state index in [1.54, 1.807) is 6.08 Å². The molecule has 6 heteroatoms. The summed E-state index contributed by atoms with van der Waals surface area (Å²) in [5.74, 6) is 2.11. The van der Waals surface area contributed by atoms with E-state index in [1.807, 2.05) is 6.07 Å². The first-order valence-electron chi connectivity index (χ1n) is 17.7. The Labute approximate surface area is 264 Å². The maximum absolute atomic E-state index is 12.5. The number of rotatable bonds is 29. The Morgan fingerprint density at radius 1 is 0.512 bits per heavy atom. The molecule has 0 atom stereocenters. The predicted molar refractivity (Wildman–Crippen MR) is 180 cm³/mol. The van der Waals surface area contributed by atoms with Gasteiger partial charge in [0, 0.05) is 11.6 Å². The zero-order valence-electron chi connectivity index (χ0n) is 28.4. The molecular formula is C37H64O6. The van der Waals surface area contributed by atoms with Crippen LogP contribution in [0.4, 0.5) is 0 Å². The molecule has 0 saturated carbocycles. The lowest BCUT2D eigenvalue weighted by Crippen LogP contribution is -2.10. The van der Waals surface area contributed by atoms with Crippen molar-refractivity contribution in [2.45, 2.75) is 150 Å². The standard InChI is InChI=1S/C37H64O6/c1-6-11-16-20-27-39-33-31-32(24-25-34(38)40-26-15-10-5)35(41-28-21-17-12-7-2)37(43-30-23-19-14-9-4)36(33)42-29-22-18-13-8-3/h24-25,31H,6-23,26-30H2,1-5H3. The summed E-state index contributed by atoms with van der Waals surface area (Å²) in [5, 5.41) is 0. The Balaban J connectivity index is 3.47. The van der Waals surface area contributed by atoms with E-state index < -0.39 is 0 Å². The molecule has 248 valence electrons. The van der Waals surface area contributed by atoms with E-state index >= 15 is 0 Å². The number of unbranched alkanes of at least 4 members (excludes halogenated alkanes) is 13. The van der Waals surface area contributed by atoms with Crippen LogP contribution >= 0.6 is 0 Å². The van der Waals surface area contributed by atoms with Crippen molar-refractivity contribution < 1.29 is 28.5 Å². The lowest BCUT2D eigenvalue weighted by atomic mass is 10.1. The fraction of sp³-hybridized carbons (Fsp3) is 0.757. The highest BCUT2D eigenvalue weighted by Crippen LogP contribution is 2.48. The Hall–Kier alpha value is -2.37. The third-order valence-corrected chi connectivity index (χ3v) is 7.31. The molecule has 0 aliphatic heterocycles. The van der Waals surface area contributed by atoms with Crippen LogP contribution in [0.25, 0.3) is 6.08 Å². The normalized spacial score (nSPS) is 11.2. The van der Waals surface area contributed by atoms with Crippen molar-refractivity contribution in [3.63, 3.8) is 0 Å². The van der Waals surface area contributed by atoms with Crippen LogP contribution in [-0.4, -0.2) is 39.0 Å². The number of benzene rings is 1. The van der Waals surface area contributed by atoms with Crippen LogP contribution in [-0.2, 0) is 9.53 Å². The fourth-order valence-corrected chi connectivity index (χ4v) is 4.61. The summed E-state index contributed by atoms with van der Waals surface area (Å²) in [4.78, 5) is 12.5. The van der Waals surface area contributed by atoms with E-state index in [4.69, 9.17) is 23.7 Å². The molecule has 0 unspecified atom stereocenters. The van der Waals surface area contributed by atoms with Gasteiger partial charge < -0.3 is 23.7 Å². The fourth-order valence-electron chi connectivity index (χ4n) is 4.61. The maximum atomic E-state index is 12.5. The number of carbonyl (C=O) groups excluding carboxylic acids is 1. The molecule has 0 spiro atoms. The molecule has 0 aliphatic rings. The van der Waals surface area contributed by atoms with Gasteiger partial charge in [-0.1, -0.05) is 118 Å². The van der Waals surface area contributed by atoms with Crippen LogP contribution in [0.3, 0.4) is 0 Å². The van der Waals surface area contributed by atoms with E-state index in [1.165, 1.54) is 57.4 Å². The Morgan fingerprint density at radius 2 is 0.953 bits per heavy atom. The van der Waals surface area contributed by atoms with Crippen molar-refractivity contribution in [1.82, 2.24) is 0 Å². The lowest BCUT2D eigenvalue weighted by molar-refractivity contribution is -0.137. The van der Waals surface area contributed by atoms with Crippen LogP contribution in [0.1, 0.15) is 156 Å². The molecule has 0 fully saturated rings. The Bertz CT molecular complexity index is 850. The molecular weight excluding hydrogens is 540 g/mol. The van der Waals surface area contributed by atoms with E-state index in [9.17, 15) is 4.79 Å². The van der Waals surface area contributed by atoms with Gasteiger partial charge in [0.05, 0.1) is 33.0 Å². The smallest absolute Gasteiger partial charge is 0.330 e. The first-order valence-corrected chi connectivity index (χ1v) is 17.7. The summed E-state index contributed by atoms with van der Waals surface area (Å²) >= 11 is 0. The van der Waals surface area contributed by atoms with E-state index in [0.717, 1.165) is 69.8 Å². The van der Waals surface area contributed by atoms with Crippen LogP contribution < -0.4 is 18.9 Å². The zero-order valence-corrected chi connectivity index (χ0v) is 28.4. The van der Waals surface area contributed by atoms with Gasteiger partial charge in [0.2, 0.25) is 11.5 Å². The van der Waals surface area contributed by atoms with Crippen molar-refractivity contribution in [3.05, 3.63) is 17.7 Å². The first-order chi connectivity index (χ1) is 21.1. The van der Waals surface area contributed by atoms with Crippen molar-refractivity contribution in [2.75, 3.05) is 33.0 Å². The summed E-state index contributed by atoms with van der Waals surface area (Å²) in [5.41, 5.74) is 0.744. The highest BCUT2D eigenvalue weighted by Gasteiger charge is 2.23. The molecule has 0 saturated heterocycles. The van der Waals surface area contributed by atoms with Gasteiger partial charge in [-0.05, 0) is 44.2 Å². The minimum Gasteiger partial charge on any atom is -0.490 e. The van der Waals surface area contributed by atoms with E-state index in [0.29, 0.717) is 56.0 Å². The van der Waals surface area contributed by atoms with Gasteiger partial charge in [0.1, 0.15) is 0 Å². The van der Waals surface area contributed by atoms with Crippen molar-refractivity contribution in [3.8, 4) is 23.0 Å². The number of hydrogen-bond acceptors (Lipinski definition) is 6. The quantitative estimate of drug-likeness (QED) is 0.0515. The molecule has 0 heterocycles. The molecule has 0 N–H and O–H groups in total. The minimum atomic E-state index is -0.359. The highest BCUT2D eigenvalue weighted by atomic mass is 16.6. The zero-order chi connectivity index (χ0) is 31.4. The third kappa shape index (κ3) is 18.1. The predicted octanol–water partition coefficient (Wildman–Crippen LogP) is 10.9. The molecule has 0 aromatic heterocycles. The van der Waals surface area contributed by atoms with Crippen molar-refractivity contribution in [2.24, 2.45) is 0 Å². The van der Waals surface area contributed by atoms with E-state index in [-0.39, 0.29) is 5.97 Å². The second-order valence-corrected chi connectivity index (χ2v) is 11.4. The first kappa shape index (κ1) is 38.7. The molecule has 1 aromatic carbocycles. The van der Waals surface area contributed by atoms with Gasteiger partial charge in [0.15, 0.2) is 11.5 Å². The second kappa shape index (κ2) is 27.2. The largest absolute Gasteiger partial charge is 0.490 e. The molecule has 0 bridgehead atoms. The lowest BCUT2D eigenvalue weighted by Gasteiger charge is -2.22. The third-order valence-electron chi connectivity index (χ3n) is 7.31. The van der Waals surface area contributed by atoms with Gasteiger partial charge >= 0.3 is 5.97 Å². The summed E-state index contributed by atoms with van der Waals surface area (Å²) in [6.07, 6.45) is 22.8. The molecule has 0 amide bonds. The Kier molecular flexibility index (Phi) is 24.4. The molecule has 6 nitrogen and oxygen atoms in total. The van der Waals surface area contributed by atoms with Crippen LogP contribution in [0, 0.1) is 0 Å². The molecule has 1 aromatic rings. The van der Waals surface area contributed by atoms with Crippen LogP contribution in [0.15, 0.2) is 12.1 Å². The topological polar surface area (TPSA) is 63.2 Å². The summed E-state index contributed by atoms with van der Waals surface area (Å²) in [6, 6.07) is 1.95. The van der Waals surface area contributed by atoms with Crippen molar-refractivity contribution in [1.29, 1.82) is 0 Å². The number of ether oxygens (including phenoxy) is 5. The van der Waals surface area contributed by atoms with Gasteiger partial charge in [0.25, 0.3) is 0 Å². The maximum Gasteiger partial charge on any atom is 0.330 e. The van der Waals surface area contributed by atoms with Crippen molar-refractivity contribution >= 4 is 12.0 Å². The Morgan fingerprint density at radius 3 is 1.44 bits per heavy atom. The minimum absolute atomic E-state index is 0.359. The SMILES string of the molecule is CCCCCCOc1cc(C=CC(=O)OCCCC)c(OCCCCCC)c(OCCCCCC)c1OCCCCCC. The van der Waals surface area contributed by atoms with Gasteiger partial charge in [-0.3, -0.25) is 0 Å². The summed E-state index contributed by atoms with van der Waals surface area (Å²) < 4.78 is 31.2. The molecule has 0 aliphatic carbocycles. The second-order valence-electron chi connectivity index (χ2n) is 11.4. The molecule has 43 heavy (non-hydrogen) atoms. The number of hydrogen-bond donors (Lipinski definition) is 0. The number of esters is 1. The molecule has 0 radical (unpaired) electrons. The van der Waals surface area contributed by atoms with E-state index in [2.05, 4.69) is 34.6 Å². The average Bonchev–Trinajstić information content (AvgIpc) is 3.01. The van der Waals surface area contributed by atoms with Gasteiger partial charge in [-0.25, -0.2) is 4.79 Å². The highest BCUT2D eigenvalue weighted by molar-refractivity contribution is 5.88. The van der Waals surface area contributed by atoms with Crippen LogP contribution in [0.5, 0.6) is 23.0 Å². The summed E-state index contributed by atoms with van der Waals surface area (Å²) in [6.45, 7) is 13.7. The monoisotopic (exact) mass is 604 g/mol.